The van der Waals surface area contributed by atoms with Gasteiger partial charge in [0.15, 0.2) is 16.3 Å². The van der Waals surface area contributed by atoms with Crippen LogP contribution in [0, 0.1) is 4.77 Å². The molecule has 0 fully saturated rings. The third-order valence-electron chi connectivity index (χ3n) is 3.89. The summed E-state index contributed by atoms with van der Waals surface area (Å²) in [7, 11) is 0. The van der Waals surface area contributed by atoms with Crippen molar-refractivity contribution in [2.75, 3.05) is 6.79 Å². The third kappa shape index (κ3) is 3.32. The molecule has 7 nitrogen and oxygen atoms in total. The maximum absolute atomic E-state index is 12.3. The van der Waals surface area contributed by atoms with Gasteiger partial charge in [-0.05, 0) is 42.5 Å². The molecule has 0 amide bonds. The number of benzene rings is 2. The van der Waals surface area contributed by atoms with Crippen LogP contribution in [0.4, 0.5) is 5.69 Å². The lowest BCUT2D eigenvalue weighted by Gasteiger charge is -2.11. The van der Waals surface area contributed by atoms with Crippen molar-refractivity contribution >= 4 is 35.7 Å². The van der Waals surface area contributed by atoms with E-state index in [2.05, 4.69) is 9.98 Å². The van der Waals surface area contributed by atoms with Gasteiger partial charge in [0.25, 0.3) is 5.56 Å². The molecule has 0 spiro atoms. The van der Waals surface area contributed by atoms with E-state index < -0.39 is 5.56 Å². The molecule has 0 saturated heterocycles. The summed E-state index contributed by atoms with van der Waals surface area (Å²) in [5.41, 5.74) is 0.454. The summed E-state index contributed by atoms with van der Waals surface area (Å²) in [6, 6.07) is 11.8. The van der Waals surface area contributed by atoms with Gasteiger partial charge < -0.3 is 14.6 Å². The fourth-order valence-corrected chi connectivity index (χ4v) is 3.08. The highest BCUT2D eigenvalue weighted by molar-refractivity contribution is 7.71. The van der Waals surface area contributed by atoms with Crippen LogP contribution in [0.1, 0.15) is 5.56 Å². The molecule has 2 N–H and O–H groups in total. The van der Waals surface area contributed by atoms with E-state index in [0.29, 0.717) is 27.9 Å². The van der Waals surface area contributed by atoms with E-state index in [1.165, 1.54) is 10.8 Å². The van der Waals surface area contributed by atoms with Crippen molar-refractivity contribution in [3.63, 3.8) is 0 Å². The number of fused-ring (bicyclic) bond motifs is 1. The van der Waals surface area contributed by atoms with Crippen LogP contribution in [0.2, 0.25) is 5.02 Å². The van der Waals surface area contributed by atoms with Crippen LogP contribution in [0.25, 0.3) is 5.69 Å². The van der Waals surface area contributed by atoms with E-state index in [-0.39, 0.29) is 23.0 Å². The van der Waals surface area contributed by atoms with E-state index in [0.717, 1.165) is 0 Å². The largest absolute Gasteiger partial charge is 0.494 e. The molecule has 2 heterocycles. The zero-order valence-electron chi connectivity index (χ0n) is 13.7. The smallest absolute Gasteiger partial charge is 0.264 e. The molecule has 9 heteroatoms. The van der Waals surface area contributed by atoms with Crippen molar-refractivity contribution in [3.8, 4) is 23.1 Å². The summed E-state index contributed by atoms with van der Waals surface area (Å²) in [6.07, 6.45) is 1.27. The van der Waals surface area contributed by atoms with Crippen LogP contribution >= 0.6 is 23.8 Å². The number of H-pyrrole nitrogens is 1. The Hall–Kier alpha value is -3.10. The molecule has 1 aromatic heterocycles. The van der Waals surface area contributed by atoms with Crippen molar-refractivity contribution in [1.82, 2.24) is 9.55 Å². The number of hydrogen-bond acceptors (Lipinski definition) is 6. The summed E-state index contributed by atoms with van der Waals surface area (Å²) in [4.78, 5) is 19.0. The second-order valence-corrected chi connectivity index (χ2v) is 6.43. The maximum Gasteiger partial charge on any atom is 0.264 e. The van der Waals surface area contributed by atoms with Crippen LogP contribution in [0.3, 0.4) is 0 Å². The molecule has 0 radical (unpaired) electrons. The molecule has 0 atom stereocenters. The number of rotatable bonds is 3. The van der Waals surface area contributed by atoms with Crippen molar-refractivity contribution in [3.05, 3.63) is 68.2 Å². The molecule has 136 valence electrons. The SMILES string of the molecule is O=c1[nH]c(=S)n(-c2cccc(Cl)c2)c(O)c1C=Nc1ccc2c(c1)OCO2. The average Bonchev–Trinajstić information content (AvgIpc) is 3.09. The minimum Gasteiger partial charge on any atom is -0.494 e. The van der Waals surface area contributed by atoms with Crippen LogP contribution < -0.4 is 15.0 Å². The van der Waals surface area contributed by atoms with Crippen LogP contribution in [0.15, 0.2) is 52.3 Å². The predicted molar refractivity (Wildman–Crippen MR) is 104 cm³/mol. The molecule has 1 aliphatic rings. The fraction of sp³-hybridized carbons (Fsp3) is 0.0556. The van der Waals surface area contributed by atoms with Crippen molar-refractivity contribution in [2.45, 2.75) is 0 Å². The van der Waals surface area contributed by atoms with Gasteiger partial charge in [-0.3, -0.25) is 19.3 Å². The summed E-state index contributed by atoms with van der Waals surface area (Å²) in [6.45, 7) is 0.156. The molecule has 0 saturated carbocycles. The molecule has 0 unspecified atom stereocenters. The summed E-state index contributed by atoms with van der Waals surface area (Å²) < 4.78 is 11.9. The lowest BCUT2D eigenvalue weighted by atomic mass is 10.2. The van der Waals surface area contributed by atoms with Gasteiger partial charge in [0.2, 0.25) is 12.7 Å². The van der Waals surface area contributed by atoms with Gasteiger partial charge >= 0.3 is 0 Å². The number of aliphatic imine (C=N–C) groups is 1. The molecule has 0 aliphatic carbocycles. The summed E-state index contributed by atoms with van der Waals surface area (Å²) in [5.74, 6) is 0.858. The monoisotopic (exact) mass is 401 g/mol. The van der Waals surface area contributed by atoms with Gasteiger partial charge in [-0.25, -0.2) is 0 Å². The predicted octanol–water partition coefficient (Wildman–Crippen LogP) is 3.73. The van der Waals surface area contributed by atoms with Crippen molar-refractivity contribution in [2.24, 2.45) is 4.99 Å². The first-order valence-corrected chi connectivity index (χ1v) is 8.59. The molecule has 1 aliphatic heterocycles. The van der Waals surface area contributed by atoms with Gasteiger partial charge in [-0.15, -0.1) is 0 Å². The van der Waals surface area contributed by atoms with Crippen LogP contribution in [-0.4, -0.2) is 27.7 Å². The Morgan fingerprint density at radius 3 is 2.85 bits per heavy atom. The standard InChI is InChI=1S/C18H12ClN3O4S/c19-10-2-1-3-12(6-10)22-17(24)13(16(23)21-18(22)27)8-20-11-4-5-14-15(7-11)26-9-25-14/h1-8,24H,9H2,(H,21,23,27). The topological polar surface area (TPSA) is 88.8 Å². The van der Waals surface area contributed by atoms with Crippen LogP contribution in [0.5, 0.6) is 17.4 Å². The van der Waals surface area contributed by atoms with Gasteiger partial charge in [0.05, 0.1) is 11.4 Å². The van der Waals surface area contributed by atoms with E-state index in [9.17, 15) is 9.90 Å². The van der Waals surface area contributed by atoms with Gasteiger partial charge in [0.1, 0.15) is 5.56 Å². The number of aromatic nitrogens is 2. The van der Waals surface area contributed by atoms with Crippen molar-refractivity contribution in [1.29, 1.82) is 0 Å². The summed E-state index contributed by atoms with van der Waals surface area (Å²) >= 11 is 11.2. The lowest BCUT2D eigenvalue weighted by Crippen LogP contribution is -2.18. The van der Waals surface area contributed by atoms with Crippen LogP contribution in [-0.2, 0) is 0 Å². The minimum atomic E-state index is -0.555. The molecule has 2 aromatic carbocycles. The average molecular weight is 402 g/mol. The first-order chi connectivity index (χ1) is 13.0. The quantitative estimate of drug-likeness (QED) is 0.515. The highest BCUT2D eigenvalue weighted by Crippen LogP contribution is 2.35. The summed E-state index contributed by atoms with van der Waals surface area (Å²) in [5, 5.41) is 11.1. The minimum absolute atomic E-state index is 0.0405. The fourth-order valence-electron chi connectivity index (χ4n) is 2.61. The molecular formula is C18H12ClN3O4S. The van der Waals surface area contributed by atoms with E-state index in [1.807, 2.05) is 0 Å². The Bertz CT molecular complexity index is 1190. The lowest BCUT2D eigenvalue weighted by molar-refractivity contribution is 0.174. The Morgan fingerprint density at radius 1 is 1.22 bits per heavy atom. The zero-order valence-corrected chi connectivity index (χ0v) is 15.3. The molecule has 4 rings (SSSR count). The zero-order chi connectivity index (χ0) is 19.0. The molecular weight excluding hydrogens is 390 g/mol. The van der Waals surface area contributed by atoms with Crippen molar-refractivity contribution < 1.29 is 14.6 Å². The Balaban J connectivity index is 1.78. The number of aromatic hydroxyl groups is 1. The van der Waals surface area contributed by atoms with E-state index in [1.54, 1.807) is 42.5 Å². The van der Waals surface area contributed by atoms with Gasteiger partial charge in [-0.1, -0.05) is 17.7 Å². The van der Waals surface area contributed by atoms with Gasteiger partial charge in [-0.2, -0.15) is 0 Å². The maximum atomic E-state index is 12.3. The third-order valence-corrected chi connectivity index (χ3v) is 4.41. The molecule has 27 heavy (non-hydrogen) atoms. The Morgan fingerprint density at radius 2 is 2.04 bits per heavy atom. The number of nitrogens with one attached hydrogen (secondary N) is 1. The molecule has 3 aromatic rings. The first-order valence-electron chi connectivity index (χ1n) is 7.81. The van der Waals surface area contributed by atoms with E-state index >= 15 is 0 Å². The Kier molecular flexibility index (Phi) is 4.43. The first kappa shape index (κ1) is 17.3. The number of ether oxygens (including phenoxy) is 2. The number of aromatic amines is 1. The normalized spacial score (nSPS) is 12.6. The second-order valence-electron chi connectivity index (χ2n) is 5.61. The van der Waals surface area contributed by atoms with E-state index in [4.69, 9.17) is 33.3 Å². The van der Waals surface area contributed by atoms with Gasteiger partial charge in [0, 0.05) is 17.3 Å². The highest BCUT2D eigenvalue weighted by Gasteiger charge is 2.15. The Labute approximate surface area is 163 Å². The number of hydrogen-bond donors (Lipinski definition) is 2. The molecule has 0 bridgehead atoms. The number of nitrogens with zero attached hydrogens (tertiary/aromatic N) is 2. The second kappa shape index (κ2) is 6.90. The highest BCUT2D eigenvalue weighted by atomic mass is 35.5. The number of halogens is 1.